The summed E-state index contributed by atoms with van der Waals surface area (Å²) in [4.78, 5) is 13.0. The second-order valence-electron chi connectivity index (χ2n) is 7.48. The number of carbonyl (C=O) groups is 1. The molecule has 1 saturated heterocycles. The molecule has 2 fully saturated rings. The van der Waals surface area contributed by atoms with E-state index < -0.39 is 10.0 Å². The molecule has 6 nitrogen and oxygen atoms in total. The van der Waals surface area contributed by atoms with Gasteiger partial charge in [0.25, 0.3) is 5.91 Å². The molecule has 0 atom stereocenters. The van der Waals surface area contributed by atoms with Crippen molar-refractivity contribution in [3.05, 3.63) is 64.7 Å². The van der Waals surface area contributed by atoms with Gasteiger partial charge in [0.05, 0.1) is 23.7 Å². The molecule has 29 heavy (non-hydrogen) atoms. The molecule has 4 rings (SSSR count). The summed E-state index contributed by atoms with van der Waals surface area (Å²) >= 11 is 5.98. The first kappa shape index (κ1) is 20.3. The predicted octanol–water partition coefficient (Wildman–Crippen LogP) is 2.82. The Morgan fingerprint density at radius 2 is 1.72 bits per heavy atom. The van der Waals surface area contributed by atoms with Crippen LogP contribution in [0, 0.1) is 0 Å². The van der Waals surface area contributed by atoms with Crippen molar-refractivity contribution in [2.75, 3.05) is 32.8 Å². The Labute approximate surface area is 175 Å². The highest BCUT2D eigenvalue weighted by Gasteiger charge is 2.44. The second-order valence-corrected chi connectivity index (χ2v) is 9.83. The number of carbonyl (C=O) groups excluding carboxylic acids is 1. The van der Waals surface area contributed by atoms with Crippen molar-refractivity contribution >= 4 is 27.5 Å². The number of benzene rings is 2. The molecule has 2 aliphatic rings. The number of hydrogen-bond donors (Lipinski definition) is 1. The molecular weight excluding hydrogens is 412 g/mol. The zero-order chi connectivity index (χ0) is 20.5. The fourth-order valence-corrected chi connectivity index (χ4v) is 5.39. The van der Waals surface area contributed by atoms with Gasteiger partial charge in [-0.25, -0.2) is 8.42 Å². The van der Waals surface area contributed by atoms with Crippen LogP contribution in [0.4, 0.5) is 0 Å². The zero-order valence-corrected chi connectivity index (χ0v) is 17.5. The van der Waals surface area contributed by atoms with Crippen molar-refractivity contribution in [3.8, 4) is 0 Å². The topological polar surface area (TPSA) is 75.7 Å². The molecule has 1 N–H and O–H groups in total. The number of morpholine rings is 1. The predicted molar refractivity (Wildman–Crippen MR) is 111 cm³/mol. The molecule has 2 aromatic rings. The average Bonchev–Trinajstić information content (AvgIpc) is 3.54. The first-order valence-corrected chi connectivity index (χ1v) is 11.5. The molecule has 154 valence electrons. The van der Waals surface area contributed by atoms with Crippen LogP contribution in [0.5, 0.6) is 0 Å². The fourth-order valence-electron chi connectivity index (χ4n) is 3.67. The van der Waals surface area contributed by atoms with Gasteiger partial charge >= 0.3 is 0 Å². The van der Waals surface area contributed by atoms with Crippen molar-refractivity contribution in [3.63, 3.8) is 0 Å². The molecular formula is C21H23ClN2O4S. The lowest BCUT2D eigenvalue weighted by Crippen LogP contribution is -2.41. The Hall–Kier alpha value is -1.93. The van der Waals surface area contributed by atoms with Crippen LogP contribution in [0.15, 0.2) is 53.4 Å². The van der Waals surface area contributed by atoms with Gasteiger partial charge in [0.2, 0.25) is 10.0 Å². The van der Waals surface area contributed by atoms with Gasteiger partial charge in [-0.05, 0) is 42.7 Å². The lowest BCUT2D eigenvalue weighted by molar-refractivity contribution is 0.0729. The summed E-state index contributed by atoms with van der Waals surface area (Å²) < 4.78 is 32.7. The largest absolute Gasteiger partial charge is 0.379 e. The van der Waals surface area contributed by atoms with Gasteiger partial charge in [-0.15, -0.1) is 0 Å². The van der Waals surface area contributed by atoms with E-state index in [9.17, 15) is 13.2 Å². The van der Waals surface area contributed by atoms with Crippen molar-refractivity contribution in [2.24, 2.45) is 0 Å². The smallest absolute Gasteiger partial charge is 0.252 e. The van der Waals surface area contributed by atoms with Gasteiger partial charge in [-0.3, -0.25) is 4.79 Å². The van der Waals surface area contributed by atoms with Crippen LogP contribution < -0.4 is 5.32 Å². The number of sulfonamides is 1. The molecule has 1 heterocycles. The van der Waals surface area contributed by atoms with Crippen LogP contribution >= 0.6 is 11.6 Å². The van der Waals surface area contributed by atoms with Crippen LogP contribution in [-0.4, -0.2) is 51.5 Å². The average molecular weight is 435 g/mol. The zero-order valence-electron chi connectivity index (χ0n) is 15.9. The Bertz CT molecular complexity index is 998. The Morgan fingerprint density at radius 1 is 1.07 bits per heavy atom. The summed E-state index contributed by atoms with van der Waals surface area (Å²) in [5.74, 6) is -0.377. The van der Waals surface area contributed by atoms with Gasteiger partial charge in [0.15, 0.2) is 0 Å². The number of nitrogens with one attached hydrogen (secondary N) is 1. The van der Waals surface area contributed by atoms with Crippen LogP contribution in [0.1, 0.15) is 28.8 Å². The highest BCUT2D eigenvalue weighted by molar-refractivity contribution is 7.89. The Morgan fingerprint density at radius 3 is 2.38 bits per heavy atom. The number of ether oxygens (including phenoxy) is 1. The monoisotopic (exact) mass is 434 g/mol. The summed E-state index contributed by atoms with van der Waals surface area (Å²) in [5.41, 5.74) is 1.21. The van der Waals surface area contributed by atoms with E-state index in [1.807, 2.05) is 24.3 Å². The minimum Gasteiger partial charge on any atom is -0.379 e. The SMILES string of the molecule is O=C(NCC1(c2ccc(Cl)cc2)CC1)c1ccccc1S(=O)(=O)N1CCOCC1. The van der Waals surface area contributed by atoms with E-state index in [-0.39, 0.29) is 34.9 Å². The number of hydrogen-bond acceptors (Lipinski definition) is 4. The first-order valence-electron chi connectivity index (χ1n) is 9.64. The lowest BCUT2D eigenvalue weighted by atomic mass is 9.96. The summed E-state index contributed by atoms with van der Waals surface area (Å²) in [7, 11) is -3.75. The normalized spacial score (nSPS) is 18.9. The highest BCUT2D eigenvalue weighted by Crippen LogP contribution is 2.47. The maximum atomic E-state index is 13.1. The Balaban J connectivity index is 1.52. The van der Waals surface area contributed by atoms with Gasteiger partial charge in [0.1, 0.15) is 0 Å². The third kappa shape index (κ3) is 4.19. The maximum absolute atomic E-state index is 13.1. The molecule has 1 aliphatic carbocycles. The molecule has 0 aromatic heterocycles. The van der Waals surface area contributed by atoms with Crippen molar-refractivity contribution in [1.82, 2.24) is 9.62 Å². The van der Waals surface area contributed by atoms with Gasteiger partial charge in [-0.1, -0.05) is 35.9 Å². The molecule has 0 unspecified atom stereocenters. The van der Waals surface area contributed by atoms with E-state index in [1.165, 1.54) is 10.4 Å². The number of halogens is 1. The Kier molecular flexibility index (Phi) is 5.66. The molecule has 2 aromatic carbocycles. The minimum atomic E-state index is -3.75. The molecule has 0 spiro atoms. The molecule has 0 radical (unpaired) electrons. The van der Waals surface area contributed by atoms with E-state index >= 15 is 0 Å². The van der Waals surface area contributed by atoms with Crippen LogP contribution in [0.25, 0.3) is 0 Å². The molecule has 0 bridgehead atoms. The van der Waals surface area contributed by atoms with Crippen LogP contribution in [-0.2, 0) is 20.2 Å². The van der Waals surface area contributed by atoms with E-state index in [1.54, 1.807) is 18.2 Å². The fraction of sp³-hybridized carbons (Fsp3) is 0.381. The first-order chi connectivity index (χ1) is 13.9. The minimum absolute atomic E-state index is 0.0377. The lowest BCUT2D eigenvalue weighted by Gasteiger charge is -2.27. The van der Waals surface area contributed by atoms with Crippen molar-refractivity contribution in [2.45, 2.75) is 23.2 Å². The van der Waals surface area contributed by atoms with Crippen LogP contribution in [0.3, 0.4) is 0 Å². The maximum Gasteiger partial charge on any atom is 0.252 e. The summed E-state index contributed by atoms with van der Waals surface area (Å²) in [5, 5.41) is 3.63. The van der Waals surface area contributed by atoms with Gasteiger partial charge < -0.3 is 10.1 Å². The van der Waals surface area contributed by atoms with E-state index in [2.05, 4.69) is 5.32 Å². The molecule has 8 heteroatoms. The molecule has 1 amide bonds. The van der Waals surface area contributed by atoms with Crippen molar-refractivity contribution < 1.29 is 17.9 Å². The second kappa shape index (κ2) is 8.07. The number of amides is 1. The third-order valence-corrected chi connectivity index (χ3v) is 7.83. The summed E-state index contributed by atoms with van der Waals surface area (Å²) in [6.07, 6.45) is 1.95. The van der Waals surface area contributed by atoms with Gasteiger partial charge in [0, 0.05) is 30.1 Å². The van der Waals surface area contributed by atoms with E-state index in [0.29, 0.717) is 24.8 Å². The standard InChI is InChI=1S/C21H23ClN2O4S/c22-17-7-5-16(6-8-17)21(9-10-21)15-23-20(25)18-3-1-2-4-19(18)29(26,27)24-11-13-28-14-12-24/h1-8H,9-15H2,(H,23,25). The highest BCUT2D eigenvalue weighted by atomic mass is 35.5. The van der Waals surface area contributed by atoms with Crippen molar-refractivity contribution in [1.29, 1.82) is 0 Å². The van der Waals surface area contributed by atoms with E-state index in [0.717, 1.165) is 18.4 Å². The quantitative estimate of drug-likeness (QED) is 0.758. The summed E-state index contributed by atoms with van der Waals surface area (Å²) in [6.45, 7) is 1.75. The van der Waals surface area contributed by atoms with Gasteiger partial charge in [-0.2, -0.15) is 4.31 Å². The van der Waals surface area contributed by atoms with E-state index in [4.69, 9.17) is 16.3 Å². The number of nitrogens with zero attached hydrogens (tertiary/aromatic N) is 1. The third-order valence-electron chi connectivity index (χ3n) is 5.62. The number of rotatable bonds is 6. The molecule has 1 saturated carbocycles. The molecule has 1 aliphatic heterocycles. The summed E-state index contributed by atoms with van der Waals surface area (Å²) in [6, 6.07) is 14.0. The van der Waals surface area contributed by atoms with Crippen LogP contribution in [0.2, 0.25) is 5.02 Å².